The molecule has 0 radical (unpaired) electrons. The topological polar surface area (TPSA) is 72.5 Å². The smallest absolute Gasteiger partial charge is 0.463 e. The molecule has 4 N–H and O–H groups in total. The lowest BCUT2D eigenvalue weighted by Crippen LogP contribution is -3.15. The highest BCUT2D eigenvalue weighted by molar-refractivity contribution is 5.91. The second-order valence-electron chi connectivity index (χ2n) is 7.14. The highest BCUT2D eigenvalue weighted by Gasteiger charge is 2.31. The minimum Gasteiger partial charge on any atom is -0.463 e. The van der Waals surface area contributed by atoms with Crippen LogP contribution < -0.4 is 20.3 Å². The van der Waals surface area contributed by atoms with Crippen molar-refractivity contribution >= 4 is 11.6 Å². The molecule has 1 amide bonds. The first-order valence-corrected chi connectivity index (χ1v) is 9.76. The minimum atomic E-state index is -4.74. The molecule has 0 bridgehead atoms. The summed E-state index contributed by atoms with van der Waals surface area (Å²) in [4.78, 5) is 13.7. The number of amides is 1. The number of anilines is 1. The Bertz CT molecular complexity index is 758. The number of hydrogen-bond acceptors (Lipinski definition) is 3. The molecule has 2 heterocycles. The zero-order valence-electron chi connectivity index (χ0n) is 16.0. The Morgan fingerprint density at radius 1 is 1.17 bits per heavy atom. The number of hydrogen-bond donors (Lipinski definition) is 3. The van der Waals surface area contributed by atoms with Gasteiger partial charge in [0.1, 0.15) is 12.3 Å². The zero-order valence-corrected chi connectivity index (χ0v) is 16.0. The molecule has 29 heavy (non-hydrogen) atoms. The van der Waals surface area contributed by atoms with Crippen LogP contribution in [0, 0.1) is 0 Å². The standard InChI is InChI=1S/C20H24F3N3O3/c21-20(22,23)29-16-8-6-15(7-9-16)25-19(27)14-24-13-17(18-5-4-12-28-18)26-10-2-1-3-11-26/h4-9,12,17,24H,1-3,10-11,13-14H2,(H,25,27)/p+2/t17-/m0/s1. The maximum absolute atomic E-state index is 12.2. The fourth-order valence-corrected chi connectivity index (χ4v) is 3.66. The number of ether oxygens (including phenoxy) is 1. The largest absolute Gasteiger partial charge is 0.573 e. The number of piperidine rings is 1. The van der Waals surface area contributed by atoms with Gasteiger partial charge in [-0.25, -0.2) is 0 Å². The summed E-state index contributed by atoms with van der Waals surface area (Å²) in [6.45, 7) is 3.12. The molecule has 1 aromatic carbocycles. The number of benzene rings is 1. The summed E-state index contributed by atoms with van der Waals surface area (Å²) in [5, 5.41) is 4.62. The Balaban J connectivity index is 1.48. The Morgan fingerprint density at radius 3 is 2.52 bits per heavy atom. The molecule has 2 aromatic rings. The SMILES string of the molecule is O=C(C[NH2+]C[C@@H](c1ccco1)[NH+]1CCCCC1)Nc1ccc(OC(F)(F)F)cc1. The van der Waals surface area contributed by atoms with Gasteiger partial charge in [-0.05, 0) is 55.7 Å². The molecular weight excluding hydrogens is 387 g/mol. The third kappa shape index (κ3) is 6.79. The monoisotopic (exact) mass is 413 g/mol. The summed E-state index contributed by atoms with van der Waals surface area (Å²) < 4.78 is 46.0. The van der Waals surface area contributed by atoms with E-state index in [1.54, 1.807) is 6.26 Å². The molecule has 158 valence electrons. The van der Waals surface area contributed by atoms with Crippen LogP contribution in [-0.4, -0.2) is 38.4 Å². The third-order valence-electron chi connectivity index (χ3n) is 4.98. The van der Waals surface area contributed by atoms with Crippen LogP contribution in [0.25, 0.3) is 0 Å². The molecule has 1 aromatic heterocycles. The van der Waals surface area contributed by atoms with E-state index in [1.807, 2.05) is 17.4 Å². The van der Waals surface area contributed by atoms with Crippen molar-refractivity contribution in [3.63, 3.8) is 0 Å². The van der Waals surface area contributed by atoms with Gasteiger partial charge in [-0.1, -0.05) is 0 Å². The molecule has 1 aliphatic heterocycles. The highest BCUT2D eigenvalue weighted by Crippen LogP contribution is 2.23. The number of carbonyl (C=O) groups excluding carboxylic acids is 1. The Kier molecular flexibility index (Phi) is 7.16. The van der Waals surface area contributed by atoms with Gasteiger partial charge >= 0.3 is 6.36 Å². The van der Waals surface area contributed by atoms with Crippen molar-refractivity contribution < 1.29 is 37.3 Å². The first-order valence-electron chi connectivity index (χ1n) is 9.76. The van der Waals surface area contributed by atoms with Crippen LogP contribution in [0.1, 0.15) is 31.1 Å². The van der Waals surface area contributed by atoms with Gasteiger partial charge in [0.25, 0.3) is 5.91 Å². The molecule has 0 spiro atoms. The molecule has 0 saturated carbocycles. The molecule has 1 atom stereocenters. The van der Waals surface area contributed by atoms with Crippen molar-refractivity contribution in [2.75, 3.05) is 31.5 Å². The molecule has 9 heteroatoms. The normalized spacial score (nSPS) is 16.4. The van der Waals surface area contributed by atoms with Gasteiger partial charge in [0.05, 0.1) is 19.4 Å². The molecule has 1 fully saturated rings. The fourth-order valence-electron chi connectivity index (χ4n) is 3.66. The Labute approximate surface area is 167 Å². The van der Waals surface area contributed by atoms with Crippen molar-refractivity contribution in [2.45, 2.75) is 31.7 Å². The van der Waals surface area contributed by atoms with Gasteiger partial charge in [-0.15, -0.1) is 13.2 Å². The number of carbonyl (C=O) groups is 1. The predicted molar refractivity (Wildman–Crippen MR) is 99.4 cm³/mol. The van der Waals surface area contributed by atoms with Crippen molar-refractivity contribution in [3.05, 3.63) is 48.4 Å². The molecule has 6 nitrogen and oxygen atoms in total. The van der Waals surface area contributed by atoms with Gasteiger partial charge in [0, 0.05) is 5.69 Å². The van der Waals surface area contributed by atoms with Gasteiger partial charge in [0.15, 0.2) is 18.3 Å². The number of halogens is 3. The first kappa shape index (κ1) is 21.2. The second kappa shape index (κ2) is 9.80. The molecule has 1 aliphatic rings. The Hall–Kier alpha value is -2.52. The summed E-state index contributed by atoms with van der Waals surface area (Å²) >= 11 is 0. The molecule has 0 unspecified atom stereocenters. The van der Waals surface area contributed by atoms with E-state index < -0.39 is 6.36 Å². The summed E-state index contributed by atoms with van der Waals surface area (Å²) in [5.74, 6) is 0.382. The van der Waals surface area contributed by atoms with Crippen LogP contribution in [0.4, 0.5) is 18.9 Å². The number of nitrogens with one attached hydrogen (secondary N) is 2. The van der Waals surface area contributed by atoms with E-state index in [4.69, 9.17) is 4.42 Å². The molecule has 3 rings (SSSR count). The van der Waals surface area contributed by atoms with Gasteiger partial charge < -0.3 is 24.7 Å². The van der Waals surface area contributed by atoms with Crippen LogP contribution in [0.5, 0.6) is 5.75 Å². The summed E-state index contributed by atoms with van der Waals surface area (Å²) in [7, 11) is 0. The van der Waals surface area contributed by atoms with Crippen molar-refractivity contribution in [2.24, 2.45) is 0 Å². The molecule has 0 aliphatic carbocycles. The van der Waals surface area contributed by atoms with Crippen molar-refractivity contribution in [1.82, 2.24) is 0 Å². The van der Waals surface area contributed by atoms with Crippen molar-refractivity contribution in [3.8, 4) is 5.75 Å². The fraction of sp³-hybridized carbons (Fsp3) is 0.450. The second-order valence-corrected chi connectivity index (χ2v) is 7.14. The number of alkyl halides is 3. The highest BCUT2D eigenvalue weighted by atomic mass is 19.4. The number of likely N-dealkylation sites (tertiary alicyclic amines) is 1. The Morgan fingerprint density at radius 2 is 1.90 bits per heavy atom. The van der Waals surface area contributed by atoms with E-state index in [2.05, 4.69) is 10.1 Å². The number of rotatable bonds is 8. The van der Waals surface area contributed by atoms with Crippen LogP contribution in [-0.2, 0) is 4.79 Å². The summed E-state index contributed by atoms with van der Waals surface area (Å²) in [5.41, 5.74) is 0.419. The maximum atomic E-state index is 12.2. The maximum Gasteiger partial charge on any atom is 0.573 e. The number of furan rings is 1. The third-order valence-corrected chi connectivity index (χ3v) is 4.98. The van der Waals surface area contributed by atoms with E-state index in [0.717, 1.165) is 18.8 Å². The number of nitrogens with two attached hydrogens (primary N) is 1. The quantitative estimate of drug-likeness (QED) is 0.614. The molecule has 1 saturated heterocycles. The number of quaternary nitrogens is 2. The van der Waals surface area contributed by atoms with Gasteiger partial charge in [-0.3, -0.25) is 4.79 Å². The lowest BCUT2D eigenvalue weighted by atomic mass is 10.1. The van der Waals surface area contributed by atoms with E-state index >= 15 is 0 Å². The van der Waals surface area contributed by atoms with Gasteiger partial charge in [0.2, 0.25) is 0 Å². The lowest BCUT2D eigenvalue weighted by molar-refractivity contribution is -0.949. The van der Waals surface area contributed by atoms with Crippen LogP contribution in [0.2, 0.25) is 0 Å². The first-order chi connectivity index (χ1) is 13.9. The summed E-state index contributed by atoms with van der Waals surface area (Å²) in [6.07, 6.45) is 0.584. The summed E-state index contributed by atoms with van der Waals surface area (Å²) in [6, 6.07) is 9.14. The lowest BCUT2D eigenvalue weighted by Gasteiger charge is -2.29. The zero-order chi connectivity index (χ0) is 20.7. The van der Waals surface area contributed by atoms with Crippen molar-refractivity contribution in [1.29, 1.82) is 0 Å². The van der Waals surface area contributed by atoms with E-state index in [9.17, 15) is 18.0 Å². The van der Waals surface area contributed by atoms with Crippen LogP contribution in [0.15, 0.2) is 47.1 Å². The van der Waals surface area contributed by atoms with E-state index in [0.29, 0.717) is 12.2 Å². The average Bonchev–Trinajstić information content (AvgIpc) is 3.21. The molecular formula is C20H26F3N3O3+2. The van der Waals surface area contributed by atoms with Crippen LogP contribution in [0.3, 0.4) is 0 Å². The van der Waals surface area contributed by atoms with E-state index in [1.165, 1.54) is 48.4 Å². The predicted octanol–water partition coefficient (Wildman–Crippen LogP) is 1.49. The van der Waals surface area contributed by atoms with Crippen LogP contribution >= 0.6 is 0 Å². The minimum absolute atomic E-state index is 0.192. The van der Waals surface area contributed by atoms with E-state index in [-0.39, 0.29) is 24.2 Å². The average molecular weight is 413 g/mol. The van der Waals surface area contributed by atoms with Gasteiger partial charge in [-0.2, -0.15) is 0 Å².